The van der Waals surface area contributed by atoms with Crippen molar-refractivity contribution in [2.75, 3.05) is 0 Å². The summed E-state index contributed by atoms with van der Waals surface area (Å²) in [6, 6.07) is 0. The largest absolute Gasteiger partial charge is 0.0932 e. The van der Waals surface area contributed by atoms with E-state index >= 15 is 0 Å². The van der Waals surface area contributed by atoms with Gasteiger partial charge in [0, 0.05) is 5.06 Å². The molecule has 0 aromatic heterocycles. The quantitative estimate of drug-likeness (QED) is 0.482. The van der Waals surface area contributed by atoms with Gasteiger partial charge in [0.2, 0.25) is 0 Å². The molecular weight excluding hydrogens is 158 g/mol. The zero-order valence-electron chi connectivity index (χ0n) is 5.36. The molecule has 0 amide bonds. The maximum Gasteiger partial charge on any atom is 0.0324 e. The summed E-state index contributed by atoms with van der Waals surface area (Å²) in [5, 5.41) is 1.50. The molecule has 0 N–H and O–H groups in total. The highest BCUT2D eigenvalue weighted by molar-refractivity contribution is 7.71. The molecule has 2 heteroatoms. The second kappa shape index (κ2) is 2.60. The molecule has 10 heavy (non-hydrogen) atoms. The Hall–Kier alpha value is -0.530. The molecule has 2 heterocycles. The van der Waals surface area contributed by atoms with Gasteiger partial charge in [0.15, 0.2) is 0 Å². The van der Waals surface area contributed by atoms with Gasteiger partial charge in [-0.2, -0.15) is 0 Å². The Morgan fingerprint density at radius 1 is 1.40 bits per heavy atom. The van der Waals surface area contributed by atoms with E-state index in [4.69, 9.17) is 0 Å². The van der Waals surface area contributed by atoms with Crippen LogP contribution in [0.3, 0.4) is 0 Å². The molecule has 2 rings (SSSR count). The zero-order chi connectivity index (χ0) is 6.81. The van der Waals surface area contributed by atoms with E-state index in [2.05, 4.69) is 35.5 Å². The van der Waals surface area contributed by atoms with Crippen molar-refractivity contribution in [1.29, 1.82) is 0 Å². The summed E-state index contributed by atoms with van der Waals surface area (Å²) in [4.78, 5) is 0. The van der Waals surface area contributed by atoms with Crippen molar-refractivity contribution in [3.05, 3.63) is 35.2 Å². The molecule has 0 spiro atoms. The number of rotatable bonds is 0. The summed E-state index contributed by atoms with van der Waals surface area (Å²) >= 11 is 0. The van der Waals surface area contributed by atoms with Gasteiger partial charge in [0.05, 0.1) is 0 Å². The molecule has 0 aromatic rings. The van der Waals surface area contributed by atoms with Crippen molar-refractivity contribution in [2.24, 2.45) is 0 Å². The Morgan fingerprint density at radius 2 is 2.40 bits per heavy atom. The minimum absolute atomic E-state index is 0.146. The van der Waals surface area contributed by atoms with Crippen molar-refractivity contribution in [2.45, 2.75) is 0 Å². The molecule has 1 atom stereocenters. The second-order valence-corrected chi connectivity index (χ2v) is 5.17. The smallest absolute Gasteiger partial charge is 0.0324 e. The van der Waals surface area contributed by atoms with Gasteiger partial charge in [-0.15, -0.1) is 0 Å². The fraction of sp³-hybridized carbons (Fsp3) is 0. The fourth-order valence-electron chi connectivity index (χ4n) is 0.873. The first-order valence-corrected chi connectivity index (χ1v) is 5.47. The normalized spacial score (nSPS) is 24.4. The third kappa shape index (κ3) is 1.02. The van der Waals surface area contributed by atoms with Crippen molar-refractivity contribution in [3.8, 4) is 5.63 Å². The zero-order valence-corrected chi connectivity index (χ0v) is 7.15. The number of hydrogen-bond donors (Lipinski definition) is 0. The summed E-state index contributed by atoms with van der Waals surface area (Å²) in [7, 11) is 1.21. The number of fused-ring (bicyclic) bond motifs is 1. The standard InChI is InChI=1S/C8H6P2/c1-2-6-10-7-3-5-9-8(10)4-1/h1-5,7H. The van der Waals surface area contributed by atoms with Crippen LogP contribution in [0.25, 0.3) is 0 Å². The first-order valence-electron chi connectivity index (χ1n) is 3.10. The summed E-state index contributed by atoms with van der Waals surface area (Å²) in [6.07, 6.45) is 8.41. The van der Waals surface area contributed by atoms with Gasteiger partial charge in [-0.25, -0.2) is 0 Å². The summed E-state index contributed by atoms with van der Waals surface area (Å²) in [6.45, 7) is 0. The lowest BCUT2D eigenvalue weighted by Gasteiger charge is -2.03. The van der Waals surface area contributed by atoms with Crippen LogP contribution in [0.1, 0.15) is 0 Å². The summed E-state index contributed by atoms with van der Waals surface area (Å²) in [5.41, 5.74) is 3.32. The first-order chi connectivity index (χ1) is 4.97. The average molecular weight is 164 g/mol. The van der Waals surface area contributed by atoms with Crippen LogP contribution in [0.15, 0.2) is 35.2 Å². The molecule has 0 bridgehead atoms. The molecule has 1 unspecified atom stereocenters. The monoisotopic (exact) mass is 164 g/mol. The Balaban J connectivity index is 2.59. The van der Waals surface area contributed by atoms with E-state index in [9.17, 15) is 0 Å². The van der Waals surface area contributed by atoms with E-state index in [1.54, 1.807) is 0 Å². The van der Waals surface area contributed by atoms with Crippen LogP contribution in [-0.2, 0) is 0 Å². The number of allylic oxidation sites excluding steroid dienone is 4. The maximum atomic E-state index is 3.32. The topological polar surface area (TPSA) is 0 Å². The van der Waals surface area contributed by atoms with Crippen LogP contribution in [0, 0.1) is 5.63 Å². The molecular formula is C8H6P2. The van der Waals surface area contributed by atoms with E-state index < -0.39 is 0 Å². The Labute approximate surface area is 62.8 Å². The highest BCUT2D eigenvalue weighted by Gasteiger charge is 1.98. The van der Waals surface area contributed by atoms with Crippen molar-refractivity contribution in [1.82, 2.24) is 0 Å². The van der Waals surface area contributed by atoms with Gasteiger partial charge < -0.3 is 0 Å². The Kier molecular flexibility index (Phi) is 1.61. The van der Waals surface area contributed by atoms with Crippen LogP contribution < -0.4 is 0 Å². The van der Waals surface area contributed by atoms with Crippen molar-refractivity contribution >= 4 is 21.4 Å². The van der Waals surface area contributed by atoms with Crippen LogP contribution in [0.5, 0.6) is 0 Å². The Morgan fingerprint density at radius 3 is 3.30 bits per heavy atom. The average Bonchev–Trinajstić information content (AvgIpc) is 2.05. The van der Waals surface area contributed by atoms with Gasteiger partial charge in [-0.3, -0.25) is 0 Å². The molecule has 2 aliphatic heterocycles. The van der Waals surface area contributed by atoms with E-state index in [1.807, 2.05) is 6.08 Å². The van der Waals surface area contributed by atoms with Gasteiger partial charge in [0.25, 0.3) is 0 Å². The molecule has 0 aliphatic carbocycles. The molecule has 0 nitrogen and oxygen atoms in total. The predicted molar refractivity (Wildman–Crippen MR) is 50.2 cm³/mol. The van der Waals surface area contributed by atoms with Crippen LogP contribution in [0.4, 0.5) is 0 Å². The highest BCUT2D eigenvalue weighted by Crippen LogP contribution is 2.43. The lowest BCUT2D eigenvalue weighted by molar-refractivity contribution is 1.98. The van der Waals surface area contributed by atoms with E-state index in [0.717, 1.165) is 0 Å². The van der Waals surface area contributed by atoms with Crippen molar-refractivity contribution < 1.29 is 0 Å². The van der Waals surface area contributed by atoms with E-state index in [1.165, 1.54) is 13.3 Å². The lowest BCUT2D eigenvalue weighted by atomic mass is 10.5. The maximum absolute atomic E-state index is 3.32. The second-order valence-electron chi connectivity index (χ2n) is 2.00. The minimum atomic E-state index is -0.146. The molecule has 0 aromatic carbocycles. The van der Waals surface area contributed by atoms with Crippen LogP contribution in [-0.4, -0.2) is 5.80 Å². The van der Waals surface area contributed by atoms with Gasteiger partial charge in [-0.1, -0.05) is 26.0 Å². The number of hydrogen-bond acceptors (Lipinski definition) is 0. The van der Waals surface area contributed by atoms with Gasteiger partial charge >= 0.3 is 0 Å². The summed E-state index contributed by atoms with van der Waals surface area (Å²) < 4.78 is 0. The SMILES string of the molecule is C1#P2C=CC=PC2=CC=C1. The fourth-order valence-corrected chi connectivity index (χ4v) is 3.70. The van der Waals surface area contributed by atoms with Crippen LogP contribution >= 0.6 is 15.6 Å². The Bertz CT molecular complexity index is 342. The van der Waals surface area contributed by atoms with Gasteiger partial charge in [0.1, 0.15) is 0 Å². The summed E-state index contributed by atoms with van der Waals surface area (Å²) in [5.74, 6) is 4.41. The lowest BCUT2D eigenvalue weighted by Crippen LogP contribution is -1.70. The molecule has 0 saturated heterocycles. The first kappa shape index (κ1) is 6.20. The van der Waals surface area contributed by atoms with E-state index in [-0.39, 0.29) is 7.38 Å². The van der Waals surface area contributed by atoms with E-state index in [0.29, 0.717) is 0 Å². The molecule has 0 radical (unpaired) electrons. The predicted octanol–water partition coefficient (Wildman–Crippen LogP) is 3.11. The van der Waals surface area contributed by atoms with Crippen LogP contribution in [0.2, 0.25) is 0 Å². The van der Waals surface area contributed by atoms with Gasteiger partial charge in [-0.05, 0) is 31.1 Å². The highest BCUT2D eigenvalue weighted by atomic mass is 31.1. The minimum Gasteiger partial charge on any atom is -0.0932 e. The van der Waals surface area contributed by atoms with Crippen molar-refractivity contribution in [3.63, 3.8) is 0 Å². The molecule has 48 valence electrons. The molecule has 2 aliphatic rings. The molecule has 0 fully saturated rings. The third-order valence-electron chi connectivity index (χ3n) is 1.33. The molecule has 0 saturated carbocycles. The third-order valence-corrected chi connectivity index (χ3v) is 4.60.